The molecule has 0 aliphatic rings. The maximum absolute atomic E-state index is 12.0. The zero-order chi connectivity index (χ0) is 13.3. The smallest absolute Gasteiger partial charge is 0.872 e. The van der Waals surface area contributed by atoms with E-state index in [-0.39, 0.29) is 21.6 Å². The summed E-state index contributed by atoms with van der Waals surface area (Å²) in [6, 6.07) is 8.97. The first-order chi connectivity index (χ1) is 8.47. The molecule has 0 atom stereocenters. The monoisotopic (exact) mass is 249 g/mol. The van der Waals surface area contributed by atoms with Gasteiger partial charge in [-0.2, -0.15) is 0 Å². The van der Waals surface area contributed by atoms with Crippen LogP contribution in [0.4, 0.5) is 0 Å². The van der Waals surface area contributed by atoms with E-state index < -0.39 is 0 Å². The van der Waals surface area contributed by atoms with Crippen LogP contribution in [0.25, 0.3) is 0 Å². The van der Waals surface area contributed by atoms with Gasteiger partial charge in [0, 0.05) is 0 Å². The first-order valence-electron chi connectivity index (χ1n) is 6.01. The normalized spacial score (nSPS) is 10.1. The Kier molecular flexibility index (Phi) is 4.74. The molecule has 0 saturated carbocycles. The number of hydrogen-bond acceptors (Lipinski definition) is 2. The number of hydrogen-bond donors (Lipinski definition) is 0. The quantitative estimate of drug-likeness (QED) is 0.764. The summed E-state index contributed by atoms with van der Waals surface area (Å²) >= 11 is 0. The molecule has 0 saturated heterocycles. The predicted molar refractivity (Wildman–Crippen MR) is 74.5 cm³/mol. The first kappa shape index (κ1) is 15.3. The second-order valence-electron chi connectivity index (χ2n) is 4.86. The summed E-state index contributed by atoms with van der Waals surface area (Å²) in [6.07, 6.45) is 0.419. The van der Waals surface area contributed by atoms with Crippen molar-refractivity contribution in [2.45, 2.75) is 27.2 Å². The van der Waals surface area contributed by atoms with Crippen molar-refractivity contribution < 1.29 is 10.2 Å². The molecule has 0 fully saturated rings. The van der Waals surface area contributed by atoms with E-state index in [1.807, 2.05) is 39.0 Å². The van der Waals surface area contributed by atoms with E-state index in [4.69, 9.17) is 0 Å². The third-order valence-electron chi connectivity index (χ3n) is 3.09. The van der Waals surface area contributed by atoms with Crippen LogP contribution < -0.4 is 10.2 Å². The average molecular weight is 249 g/mol. The summed E-state index contributed by atoms with van der Waals surface area (Å²) in [7, 11) is 0. The van der Waals surface area contributed by atoms with E-state index in [9.17, 15) is 10.2 Å². The fourth-order valence-corrected chi connectivity index (χ4v) is 2.23. The molecule has 2 rings (SSSR count). The molecule has 0 N–H and O–H groups in total. The predicted octanol–water partition coefficient (Wildman–Crippen LogP) is 1.97. The van der Waals surface area contributed by atoms with E-state index in [0.717, 1.165) is 16.7 Å². The Morgan fingerprint density at radius 2 is 1.47 bits per heavy atom. The Hall–Kier alpha value is -1.79. The van der Waals surface area contributed by atoms with E-state index >= 15 is 0 Å². The molecule has 0 spiro atoms. The second kappa shape index (κ2) is 5.90. The molecule has 0 amide bonds. The van der Waals surface area contributed by atoms with Crippen LogP contribution in [0, 0.1) is 20.8 Å². The second-order valence-corrected chi connectivity index (χ2v) is 4.86. The number of rotatable bonds is 2. The van der Waals surface area contributed by atoms with Crippen molar-refractivity contribution in [3.63, 3.8) is 0 Å². The van der Waals surface area contributed by atoms with Gasteiger partial charge in [-0.15, -0.1) is 11.5 Å². The van der Waals surface area contributed by atoms with Gasteiger partial charge in [0.25, 0.3) is 0 Å². The Balaban J connectivity index is 0.00000180. The van der Waals surface area contributed by atoms with Crippen LogP contribution in [0.15, 0.2) is 30.3 Å². The third kappa shape index (κ3) is 3.36. The molecule has 2 aromatic rings. The van der Waals surface area contributed by atoms with Crippen molar-refractivity contribution in [1.29, 1.82) is 0 Å². The molecule has 0 aliphatic carbocycles. The summed E-state index contributed by atoms with van der Waals surface area (Å²) in [6.45, 7) is 5.72. The van der Waals surface area contributed by atoms with Crippen LogP contribution in [-0.4, -0.2) is 10.1 Å². The summed E-state index contributed by atoms with van der Waals surface area (Å²) in [5.74, 6) is 0.0423. The summed E-state index contributed by atoms with van der Waals surface area (Å²) in [4.78, 5) is 0. The largest absolute Gasteiger partial charge is 2.00 e. The van der Waals surface area contributed by atoms with Crippen LogP contribution in [0.5, 0.6) is 11.5 Å². The van der Waals surface area contributed by atoms with Gasteiger partial charge in [-0.25, -0.2) is 0 Å². The standard InChI is InChI=1S/C16H18O2.Be/c1-10-4-5-15(17)13(7-10)9-14-8-11(2)6-12(3)16(14)18;/h4-8,17-18H,9H2,1-3H3;/q;+2/p-2. The van der Waals surface area contributed by atoms with E-state index in [0.29, 0.717) is 17.5 Å². The van der Waals surface area contributed by atoms with E-state index in [2.05, 4.69) is 0 Å². The van der Waals surface area contributed by atoms with Crippen LogP contribution >= 0.6 is 0 Å². The van der Waals surface area contributed by atoms with Crippen molar-refractivity contribution in [3.8, 4) is 11.5 Å². The maximum atomic E-state index is 12.0. The van der Waals surface area contributed by atoms with Gasteiger partial charge in [-0.05, 0) is 27.2 Å². The molecule has 0 unspecified atom stereocenters. The molecule has 0 bridgehead atoms. The van der Waals surface area contributed by atoms with E-state index in [1.54, 1.807) is 12.1 Å². The zero-order valence-corrected chi connectivity index (χ0v) is 11.6. The molecule has 19 heavy (non-hydrogen) atoms. The molecule has 3 heteroatoms. The van der Waals surface area contributed by atoms with Gasteiger partial charge < -0.3 is 10.2 Å². The Bertz CT molecular complexity index is 592. The first-order valence-corrected chi connectivity index (χ1v) is 6.01. The van der Waals surface area contributed by atoms with Gasteiger partial charge in [0.2, 0.25) is 0 Å². The maximum Gasteiger partial charge on any atom is 2.00 e. The van der Waals surface area contributed by atoms with Gasteiger partial charge in [-0.1, -0.05) is 58.1 Å². The van der Waals surface area contributed by atoms with Crippen molar-refractivity contribution in [3.05, 3.63) is 58.1 Å². The molecular weight excluding hydrogens is 233 g/mol. The SMILES string of the molecule is Cc1ccc([O-])c(Cc2cc(C)cc(C)c2[O-])c1.[Be+2]. The Labute approximate surface area is 118 Å². The van der Waals surface area contributed by atoms with Crippen molar-refractivity contribution in [1.82, 2.24) is 0 Å². The topological polar surface area (TPSA) is 46.1 Å². The van der Waals surface area contributed by atoms with Gasteiger partial charge in [0.05, 0.1) is 0 Å². The summed E-state index contributed by atoms with van der Waals surface area (Å²) < 4.78 is 0. The average Bonchev–Trinajstić information content (AvgIpc) is 2.30. The fraction of sp³-hybridized carbons (Fsp3) is 0.250. The van der Waals surface area contributed by atoms with Crippen LogP contribution in [0.2, 0.25) is 0 Å². The molecule has 0 heterocycles. The van der Waals surface area contributed by atoms with Crippen LogP contribution in [0.1, 0.15) is 27.8 Å². The van der Waals surface area contributed by atoms with Crippen LogP contribution in [0.3, 0.4) is 0 Å². The zero-order valence-electron chi connectivity index (χ0n) is 11.6. The molecule has 0 aromatic heterocycles. The van der Waals surface area contributed by atoms with Crippen molar-refractivity contribution >= 4 is 10.1 Å². The van der Waals surface area contributed by atoms with Crippen molar-refractivity contribution in [2.24, 2.45) is 0 Å². The third-order valence-corrected chi connectivity index (χ3v) is 3.09. The summed E-state index contributed by atoms with van der Waals surface area (Å²) in [5.41, 5.74) is 4.24. The minimum absolute atomic E-state index is 0. The molecule has 94 valence electrons. The van der Waals surface area contributed by atoms with Gasteiger partial charge in [0.1, 0.15) is 0 Å². The molecule has 2 nitrogen and oxygen atoms in total. The summed E-state index contributed by atoms with van der Waals surface area (Å²) in [5, 5.41) is 23.8. The molecule has 0 aliphatic heterocycles. The van der Waals surface area contributed by atoms with Gasteiger partial charge >= 0.3 is 10.1 Å². The minimum Gasteiger partial charge on any atom is -0.872 e. The molecule has 2 aromatic carbocycles. The van der Waals surface area contributed by atoms with Crippen LogP contribution in [-0.2, 0) is 6.42 Å². The Morgan fingerprint density at radius 1 is 0.842 bits per heavy atom. The Morgan fingerprint density at radius 3 is 2.16 bits per heavy atom. The fourth-order valence-electron chi connectivity index (χ4n) is 2.23. The van der Waals surface area contributed by atoms with Gasteiger partial charge in [-0.3, -0.25) is 0 Å². The number of benzene rings is 2. The van der Waals surface area contributed by atoms with Crippen molar-refractivity contribution in [2.75, 3.05) is 0 Å². The molecule has 0 radical (unpaired) electrons. The van der Waals surface area contributed by atoms with Gasteiger partial charge in [0.15, 0.2) is 0 Å². The minimum atomic E-state index is -0.000779. The number of aryl methyl sites for hydroxylation is 3. The van der Waals surface area contributed by atoms with E-state index in [1.165, 1.54) is 0 Å². The molecular formula is C16H16BeO2.